The predicted molar refractivity (Wildman–Crippen MR) is 83.8 cm³/mol. The maximum atomic E-state index is 14.1. The quantitative estimate of drug-likeness (QED) is 0.722. The van der Waals surface area contributed by atoms with Gasteiger partial charge in [0.05, 0.1) is 23.5 Å². The van der Waals surface area contributed by atoms with Crippen LogP contribution in [-0.4, -0.2) is 25.0 Å². The van der Waals surface area contributed by atoms with Gasteiger partial charge in [0.2, 0.25) is 0 Å². The zero-order chi connectivity index (χ0) is 19.1. The lowest BCUT2D eigenvalue weighted by atomic mass is 10.1. The maximum Gasteiger partial charge on any atom is 0.416 e. The number of aromatic nitrogens is 5. The summed E-state index contributed by atoms with van der Waals surface area (Å²) in [5.41, 5.74) is -0.835. The lowest BCUT2D eigenvalue weighted by molar-refractivity contribution is -0.137. The van der Waals surface area contributed by atoms with Gasteiger partial charge in [-0.1, -0.05) is 6.07 Å². The second kappa shape index (κ2) is 6.36. The fourth-order valence-corrected chi connectivity index (χ4v) is 2.46. The van der Waals surface area contributed by atoms with Crippen molar-refractivity contribution in [3.05, 3.63) is 63.6 Å². The third-order valence-electron chi connectivity index (χ3n) is 3.76. The van der Waals surface area contributed by atoms with E-state index in [4.69, 9.17) is 0 Å². The van der Waals surface area contributed by atoms with Gasteiger partial charge in [-0.2, -0.15) is 28.2 Å². The summed E-state index contributed by atoms with van der Waals surface area (Å²) in [6.07, 6.45) is -3.27. The average Bonchev–Trinajstić information content (AvgIpc) is 3.02. The van der Waals surface area contributed by atoms with Crippen LogP contribution in [0.3, 0.4) is 0 Å². The summed E-state index contributed by atoms with van der Waals surface area (Å²) in [4.78, 5) is 19.3. The van der Waals surface area contributed by atoms with Crippen molar-refractivity contribution in [1.29, 1.82) is 0 Å². The number of hydrogen-bond acceptors (Lipinski definition) is 4. The van der Waals surface area contributed by atoms with Crippen molar-refractivity contribution in [3.63, 3.8) is 0 Å². The number of nitrogens with one attached hydrogen (secondary N) is 1. The molecule has 0 aliphatic carbocycles. The van der Waals surface area contributed by atoms with E-state index in [1.807, 2.05) is 0 Å². The first-order valence-corrected chi connectivity index (χ1v) is 7.52. The van der Waals surface area contributed by atoms with E-state index < -0.39 is 23.6 Å². The van der Waals surface area contributed by atoms with Crippen molar-refractivity contribution in [2.24, 2.45) is 0 Å². The highest BCUT2D eigenvalue weighted by Gasteiger charge is 2.31. The molecule has 1 atom stereocenters. The fourth-order valence-electron chi connectivity index (χ4n) is 2.46. The molecule has 6 nitrogen and oxygen atoms in total. The van der Waals surface area contributed by atoms with Crippen LogP contribution in [0.1, 0.15) is 29.9 Å². The predicted octanol–water partition coefficient (Wildman–Crippen LogP) is 3.10. The Bertz CT molecular complexity index is 1010. The zero-order valence-corrected chi connectivity index (χ0v) is 13.7. The van der Waals surface area contributed by atoms with E-state index in [1.54, 1.807) is 13.8 Å². The van der Waals surface area contributed by atoms with E-state index >= 15 is 0 Å². The molecule has 0 aliphatic rings. The summed E-state index contributed by atoms with van der Waals surface area (Å²) in [6, 6.07) is 2.79. The van der Waals surface area contributed by atoms with Gasteiger partial charge in [-0.15, -0.1) is 0 Å². The van der Waals surface area contributed by atoms with Crippen molar-refractivity contribution < 1.29 is 17.6 Å². The SMILES string of the molecule is Cc1nc(-c2cnn([C@H](C)c3ccc(C(F)(F)F)cc3F)n2)cc(=O)[nH]1. The van der Waals surface area contributed by atoms with Gasteiger partial charge in [0.25, 0.3) is 5.56 Å². The largest absolute Gasteiger partial charge is 0.416 e. The molecule has 0 saturated carbocycles. The number of aromatic amines is 1. The lowest BCUT2D eigenvalue weighted by Crippen LogP contribution is -2.14. The number of aryl methyl sites for hydroxylation is 1. The summed E-state index contributed by atoms with van der Waals surface area (Å²) < 4.78 is 52.1. The molecule has 0 radical (unpaired) electrons. The van der Waals surface area contributed by atoms with Crippen LogP contribution in [0, 0.1) is 12.7 Å². The molecule has 0 amide bonds. The van der Waals surface area contributed by atoms with Gasteiger partial charge in [0.1, 0.15) is 17.3 Å². The van der Waals surface area contributed by atoms with Gasteiger partial charge in [0, 0.05) is 11.6 Å². The second-order valence-electron chi connectivity index (χ2n) is 5.68. The Balaban J connectivity index is 1.93. The molecule has 1 aromatic carbocycles. The van der Waals surface area contributed by atoms with Crippen LogP contribution in [0.15, 0.2) is 35.3 Å². The van der Waals surface area contributed by atoms with Crippen LogP contribution in [0.2, 0.25) is 0 Å². The number of H-pyrrole nitrogens is 1. The summed E-state index contributed by atoms with van der Waals surface area (Å²) in [6.45, 7) is 3.15. The molecule has 3 rings (SSSR count). The molecule has 0 unspecified atom stereocenters. The smallest absolute Gasteiger partial charge is 0.311 e. The molecule has 0 spiro atoms. The Labute approximate surface area is 144 Å². The van der Waals surface area contributed by atoms with Gasteiger partial charge in [-0.3, -0.25) is 4.79 Å². The monoisotopic (exact) mass is 367 g/mol. The van der Waals surface area contributed by atoms with E-state index in [1.165, 1.54) is 12.3 Å². The van der Waals surface area contributed by atoms with Crippen molar-refractivity contribution in [2.75, 3.05) is 0 Å². The standard InChI is InChI=1S/C16H13F4N5O/c1-8(11-4-3-10(5-12(11)17)16(18,19)20)25-21-7-14(24-25)13-6-15(26)23-9(2)22-13/h3-8H,1-2H3,(H,22,23,26)/t8-/m1/s1. The lowest BCUT2D eigenvalue weighted by Gasteiger charge is -2.14. The Hall–Kier alpha value is -3.04. The van der Waals surface area contributed by atoms with Crippen molar-refractivity contribution in [3.8, 4) is 11.4 Å². The van der Waals surface area contributed by atoms with E-state index in [2.05, 4.69) is 20.2 Å². The highest BCUT2D eigenvalue weighted by atomic mass is 19.4. The minimum absolute atomic E-state index is 0.00944. The second-order valence-corrected chi connectivity index (χ2v) is 5.68. The summed E-state index contributed by atoms with van der Waals surface area (Å²) in [5, 5.41) is 8.16. The highest BCUT2D eigenvalue weighted by Crippen LogP contribution is 2.31. The summed E-state index contributed by atoms with van der Waals surface area (Å²) in [5.74, 6) is -0.611. The molecule has 26 heavy (non-hydrogen) atoms. The molecule has 1 N–H and O–H groups in total. The summed E-state index contributed by atoms with van der Waals surface area (Å²) in [7, 11) is 0. The van der Waals surface area contributed by atoms with Crippen LogP contribution < -0.4 is 5.56 Å². The molecule has 0 bridgehead atoms. The van der Waals surface area contributed by atoms with Gasteiger partial charge >= 0.3 is 6.18 Å². The first-order valence-electron chi connectivity index (χ1n) is 7.52. The van der Waals surface area contributed by atoms with Crippen LogP contribution in [0.25, 0.3) is 11.4 Å². The van der Waals surface area contributed by atoms with Crippen LogP contribution in [0.5, 0.6) is 0 Å². The highest BCUT2D eigenvalue weighted by molar-refractivity contribution is 5.51. The van der Waals surface area contributed by atoms with Crippen molar-refractivity contribution >= 4 is 0 Å². The molecular weight excluding hydrogens is 354 g/mol. The number of rotatable bonds is 3. The molecule has 0 fully saturated rings. The van der Waals surface area contributed by atoms with Crippen molar-refractivity contribution in [2.45, 2.75) is 26.1 Å². The minimum atomic E-state index is -4.62. The average molecular weight is 367 g/mol. The van der Waals surface area contributed by atoms with E-state index in [9.17, 15) is 22.4 Å². The number of hydrogen-bond donors (Lipinski definition) is 1. The van der Waals surface area contributed by atoms with Crippen LogP contribution in [-0.2, 0) is 6.18 Å². The Kier molecular flexibility index (Phi) is 4.34. The molecular formula is C16H13F4N5O. The number of benzene rings is 1. The van der Waals surface area contributed by atoms with Gasteiger partial charge in [-0.05, 0) is 26.0 Å². The Morgan fingerprint density at radius 2 is 1.92 bits per heavy atom. The minimum Gasteiger partial charge on any atom is -0.311 e. The summed E-state index contributed by atoms with van der Waals surface area (Å²) >= 11 is 0. The Morgan fingerprint density at radius 1 is 1.19 bits per heavy atom. The molecule has 0 saturated heterocycles. The first-order chi connectivity index (χ1) is 12.1. The molecule has 136 valence electrons. The van der Waals surface area contributed by atoms with E-state index in [0.29, 0.717) is 17.6 Å². The van der Waals surface area contributed by atoms with E-state index in [0.717, 1.165) is 16.9 Å². The topological polar surface area (TPSA) is 76.5 Å². The van der Waals surface area contributed by atoms with Crippen molar-refractivity contribution in [1.82, 2.24) is 25.0 Å². The third kappa shape index (κ3) is 3.48. The Morgan fingerprint density at radius 3 is 2.54 bits per heavy atom. The molecule has 2 heterocycles. The number of nitrogens with zero attached hydrogens (tertiary/aromatic N) is 4. The van der Waals surface area contributed by atoms with Gasteiger partial charge < -0.3 is 4.98 Å². The molecule has 10 heteroatoms. The first kappa shape index (κ1) is 17.8. The zero-order valence-electron chi connectivity index (χ0n) is 13.7. The number of halogens is 4. The molecule has 2 aromatic heterocycles. The fraction of sp³-hybridized carbons (Fsp3) is 0.250. The van der Waals surface area contributed by atoms with Crippen LogP contribution in [0.4, 0.5) is 17.6 Å². The number of alkyl halides is 3. The molecule has 3 aromatic rings. The maximum absolute atomic E-state index is 14.1. The molecule has 0 aliphatic heterocycles. The third-order valence-corrected chi connectivity index (χ3v) is 3.76. The van der Waals surface area contributed by atoms with Gasteiger partial charge in [0.15, 0.2) is 0 Å². The van der Waals surface area contributed by atoms with Crippen LogP contribution >= 0.6 is 0 Å². The normalized spacial score (nSPS) is 13.0. The van der Waals surface area contributed by atoms with Gasteiger partial charge in [-0.25, -0.2) is 9.37 Å². The van der Waals surface area contributed by atoms with E-state index in [-0.39, 0.29) is 16.8 Å².